The Morgan fingerprint density at radius 2 is 1.89 bits per heavy atom. The van der Waals surface area contributed by atoms with Crippen LogP contribution >= 0.6 is 0 Å². The number of carboxylic acids is 1. The number of anilines is 2. The van der Waals surface area contributed by atoms with Crippen LogP contribution in [0, 0.1) is 6.92 Å². The van der Waals surface area contributed by atoms with E-state index in [4.69, 9.17) is 0 Å². The Hall–Kier alpha value is -3.16. The summed E-state index contributed by atoms with van der Waals surface area (Å²) in [5.41, 5.74) is 2.39. The van der Waals surface area contributed by atoms with Crippen molar-refractivity contribution in [3.8, 4) is 0 Å². The number of hydrogen-bond donors (Lipinski definition) is 2. The van der Waals surface area contributed by atoms with Gasteiger partial charge in [0.2, 0.25) is 0 Å². The summed E-state index contributed by atoms with van der Waals surface area (Å²) >= 11 is 0. The van der Waals surface area contributed by atoms with Gasteiger partial charge in [0.25, 0.3) is 5.91 Å². The Labute approximate surface area is 162 Å². The highest BCUT2D eigenvalue weighted by Gasteiger charge is 2.36. The number of aromatic nitrogens is 2. The van der Waals surface area contributed by atoms with Crippen LogP contribution in [-0.2, 0) is 9.59 Å². The number of amides is 1. The molecule has 1 aliphatic heterocycles. The molecule has 1 saturated carbocycles. The van der Waals surface area contributed by atoms with E-state index in [0.29, 0.717) is 17.4 Å². The minimum absolute atomic E-state index is 0.0475. The highest BCUT2D eigenvalue weighted by atomic mass is 16.4. The summed E-state index contributed by atoms with van der Waals surface area (Å²) in [5, 5.41) is 22.5. The van der Waals surface area contributed by atoms with Crippen molar-refractivity contribution >= 4 is 29.0 Å². The second-order valence-corrected chi connectivity index (χ2v) is 7.27. The number of rotatable bonds is 5. The maximum Gasteiger partial charge on any atom is 0.328 e. The van der Waals surface area contributed by atoms with E-state index in [1.54, 1.807) is 18.3 Å². The first kappa shape index (κ1) is 18.2. The number of aliphatic carboxylic acids is 1. The molecular weight excluding hydrogens is 358 g/mol. The van der Waals surface area contributed by atoms with Crippen molar-refractivity contribution in [1.82, 2.24) is 9.78 Å². The molecule has 2 heterocycles. The zero-order valence-electron chi connectivity index (χ0n) is 15.7. The summed E-state index contributed by atoms with van der Waals surface area (Å²) in [6, 6.07) is 8.50. The molecule has 1 amide bonds. The van der Waals surface area contributed by atoms with Crippen LogP contribution in [0.3, 0.4) is 0 Å². The summed E-state index contributed by atoms with van der Waals surface area (Å²) in [4.78, 5) is 24.4. The van der Waals surface area contributed by atoms with Crippen molar-refractivity contribution in [1.29, 1.82) is 0 Å². The van der Waals surface area contributed by atoms with Gasteiger partial charge in [0.05, 0.1) is 29.3 Å². The molecule has 2 aromatic rings. The van der Waals surface area contributed by atoms with Crippen LogP contribution in [0.25, 0.3) is 0 Å². The molecule has 1 aromatic heterocycles. The Morgan fingerprint density at radius 3 is 2.57 bits per heavy atom. The Kier molecular flexibility index (Phi) is 4.85. The molecule has 2 N–H and O–H groups in total. The lowest BCUT2D eigenvalue weighted by Gasteiger charge is -2.19. The van der Waals surface area contributed by atoms with Crippen molar-refractivity contribution in [2.45, 2.75) is 51.1 Å². The fraction of sp³-hybridized carbons (Fsp3) is 0.400. The van der Waals surface area contributed by atoms with Gasteiger partial charge in [0.1, 0.15) is 5.71 Å². The fourth-order valence-corrected chi connectivity index (χ4v) is 3.92. The molecule has 4 rings (SSSR count). The van der Waals surface area contributed by atoms with Gasteiger partial charge >= 0.3 is 5.97 Å². The number of hydrogen-bond acceptors (Lipinski definition) is 5. The molecule has 1 aliphatic carbocycles. The molecule has 1 unspecified atom stereocenters. The number of para-hydroxylation sites is 1. The van der Waals surface area contributed by atoms with E-state index in [1.807, 2.05) is 29.8 Å². The lowest BCUT2D eigenvalue weighted by molar-refractivity contribution is -0.138. The highest BCUT2D eigenvalue weighted by Crippen LogP contribution is 2.32. The number of carbonyl (C=O) groups is 2. The first-order valence-corrected chi connectivity index (χ1v) is 9.54. The third-order valence-electron chi connectivity index (χ3n) is 5.44. The second kappa shape index (κ2) is 7.46. The van der Waals surface area contributed by atoms with E-state index >= 15 is 0 Å². The number of nitrogens with zero attached hydrogens (tertiary/aromatic N) is 4. The highest BCUT2D eigenvalue weighted by molar-refractivity contribution is 6.44. The van der Waals surface area contributed by atoms with E-state index in [-0.39, 0.29) is 12.1 Å². The van der Waals surface area contributed by atoms with Gasteiger partial charge in [-0.3, -0.25) is 14.5 Å². The summed E-state index contributed by atoms with van der Waals surface area (Å²) < 4.78 is 1.98. The van der Waals surface area contributed by atoms with Gasteiger partial charge in [-0.2, -0.15) is 10.2 Å². The zero-order valence-corrected chi connectivity index (χ0v) is 15.7. The van der Waals surface area contributed by atoms with Crippen LogP contribution in [0.4, 0.5) is 11.4 Å². The number of carboxylic acid groups (broad SMARTS) is 1. The summed E-state index contributed by atoms with van der Waals surface area (Å²) in [6.07, 6.45) is 6.32. The van der Waals surface area contributed by atoms with Gasteiger partial charge in [-0.05, 0) is 31.9 Å². The van der Waals surface area contributed by atoms with E-state index in [2.05, 4.69) is 15.5 Å². The molecule has 1 fully saturated rings. The predicted molar refractivity (Wildman–Crippen MR) is 105 cm³/mol. The van der Waals surface area contributed by atoms with Crippen LogP contribution in [0.2, 0.25) is 0 Å². The Bertz CT molecular complexity index is 915. The number of benzene rings is 1. The van der Waals surface area contributed by atoms with Gasteiger partial charge < -0.3 is 10.4 Å². The van der Waals surface area contributed by atoms with Gasteiger partial charge in [-0.25, -0.2) is 4.79 Å². The van der Waals surface area contributed by atoms with E-state index in [9.17, 15) is 14.7 Å². The van der Waals surface area contributed by atoms with Crippen molar-refractivity contribution < 1.29 is 14.7 Å². The minimum atomic E-state index is -1.01. The largest absolute Gasteiger partial charge is 0.480 e. The standard InChI is InChI=1S/C20H23N5O3/c1-13-17(12-21-24(13)14-9-5-6-10-14)22-19(26)16-11-18(20(27)28)25(23-16)15-7-3-2-4-8-15/h2-4,7-8,12,14,18H,5-6,9-11H2,1H3,(H,22,26)(H,27,28). The molecule has 2 aliphatic rings. The monoisotopic (exact) mass is 381 g/mol. The van der Waals surface area contributed by atoms with Crippen LogP contribution in [0.1, 0.15) is 43.8 Å². The third-order valence-corrected chi connectivity index (χ3v) is 5.44. The van der Waals surface area contributed by atoms with Gasteiger partial charge in [0, 0.05) is 6.42 Å². The number of nitrogens with one attached hydrogen (secondary N) is 1. The van der Waals surface area contributed by atoms with Gasteiger partial charge in [-0.1, -0.05) is 31.0 Å². The normalized spacial score (nSPS) is 19.7. The van der Waals surface area contributed by atoms with Gasteiger partial charge in [0.15, 0.2) is 6.04 Å². The predicted octanol–water partition coefficient (Wildman–Crippen LogP) is 2.96. The third kappa shape index (κ3) is 3.37. The summed E-state index contributed by atoms with van der Waals surface area (Å²) in [5.74, 6) is -1.40. The summed E-state index contributed by atoms with van der Waals surface area (Å²) in [6.45, 7) is 1.94. The quantitative estimate of drug-likeness (QED) is 0.829. The van der Waals surface area contributed by atoms with Crippen molar-refractivity contribution in [2.75, 3.05) is 10.3 Å². The molecule has 0 saturated heterocycles. The molecule has 1 atom stereocenters. The first-order chi connectivity index (χ1) is 13.5. The van der Waals surface area contributed by atoms with E-state index in [1.165, 1.54) is 17.9 Å². The molecule has 28 heavy (non-hydrogen) atoms. The zero-order chi connectivity index (χ0) is 19.7. The molecule has 8 heteroatoms. The van der Waals surface area contributed by atoms with Crippen LogP contribution in [0.5, 0.6) is 0 Å². The fourth-order valence-electron chi connectivity index (χ4n) is 3.92. The maximum atomic E-state index is 12.7. The number of carbonyl (C=O) groups excluding carboxylic acids is 1. The average Bonchev–Trinajstić information content (AvgIpc) is 3.43. The molecule has 0 radical (unpaired) electrons. The topological polar surface area (TPSA) is 99.8 Å². The van der Waals surface area contributed by atoms with Crippen molar-refractivity contribution in [3.05, 3.63) is 42.2 Å². The van der Waals surface area contributed by atoms with Crippen LogP contribution in [-0.4, -0.2) is 38.5 Å². The second-order valence-electron chi connectivity index (χ2n) is 7.27. The smallest absolute Gasteiger partial charge is 0.328 e. The summed E-state index contributed by atoms with van der Waals surface area (Å²) in [7, 11) is 0. The van der Waals surface area contributed by atoms with Crippen molar-refractivity contribution in [3.63, 3.8) is 0 Å². The van der Waals surface area contributed by atoms with Crippen molar-refractivity contribution in [2.24, 2.45) is 5.10 Å². The Balaban J connectivity index is 1.52. The maximum absolute atomic E-state index is 12.7. The van der Waals surface area contributed by atoms with Crippen LogP contribution < -0.4 is 10.3 Å². The molecule has 1 aromatic carbocycles. The van der Waals surface area contributed by atoms with Gasteiger partial charge in [-0.15, -0.1) is 0 Å². The lowest BCUT2D eigenvalue weighted by Crippen LogP contribution is -2.34. The molecule has 146 valence electrons. The lowest BCUT2D eigenvalue weighted by atomic mass is 10.1. The Morgan fingerprint density at radius 1 is 1.18 bits per heavy atom. The average molecular weight is 381 g/mol. The molecule has 0 bridgehead atoms. The van der Waals surface area contributed by atoms with Crippen LogP contribution in [0.15, 0.2) is 41.6 Å². The molecular formula is C20H23N5O3. The SMILES string of the molecule is Cc1c(NC(=O)C2=NN(c3ccccc3)C(C(=O)O)C2)cnn1C1CCCC1. The minimum Gasteiger partial charge on any atom is -0.480 e. The molecule has 0 spiro atoms. The number of hydrazone groups is 1. The van der Waals surface area contributed by atoms with E-state index in [0.717, 1.165) is 18.5 Å². The molecule has 8 nitrogen and oxygen atoms in total. The first-order valence-electron chi connectivity index (χ1n) is 9.54. The van der Waals surface area contributed by atoms with E-state index < -0.39 is 17.9 Å².